The zero-order valence-electron chi connectivity index (χ0n) is 14.0. The lowest BCUT2D eigenvalue weighted by molar-refractivity contribution is 0.312. The van der Waals surface area contributed by atoms with E-state index in [9.17, 15) is 0 Å². The van der Waals surface area contributed by atoms with Gasteiger partial charge in [0.15, 0.2) is 5.11 Å². The van der Waals surface area contributed by atoms with Crippen LogP contribution in [-0.4, -0.2) is 16.1 Å². The van der Waals surface area contributed by atoms with Crippen LogP contribution in [0.3, 0.4) is 0 Å². The van der Waals surface area contributed by atoms with E-state index in [1.165, 1.54) is 31.2 Å². The van der Waals surface area contributed by atoms with Crippen molar-refractivity contribution in [3.05, 3.63) is 64.7 Å². The number of hydrogen-bond acceptors (Lipinski definition) is 1. The van der Waals surface area contributed by atoms with Crippen LogP contribution in [-0.2, 0) is 6.54 Å². The molecule has 1 N–H and O–H groups in total. The first-order valence-electron chi connectivity index (χ1n) is 8.51. The highest BCUT2D eigenvalue weighted by Crippen LogP contribution is 2.27. The van der Waals surface area contributed by atoms with E-state index in [1.807, 2.05) is 18.2 Å². The predicted octanol–water partition coefficient (Wildman–Crippen LogP) is 5.79. The molecule has 24 heavy (non-hydrogen) atoms. The van der Waals surface area contributed by atoms with Gasteiger partial charge in [-0.1, -0.05) is 60.3 Å². The standard InChI is InChI=1S/C20H23ClN2S/c1-15-10-12-17(13-11-15)22-20(24)23(18-7-3-4-8-18)14-16-6-2-5-9-19(16)21/h2,5-6,9-13,18H,3-4,7-8,14H2,1H3,(H,22,24). The monoisotopic (exact) mass is 358 g/mol. The summed E-state index contributed by atoms with van der Waals surface area (Å²) in [6, 6.07) is 16.9. The van der Waals surface area contributed by atoms with Gasteiger partial charge in [-0.3, -0.25) is 0 Å². The van der Waals surface area contributed by atoms with Gasteiger partial charge in [0.25, 0.3) is 0 Å². The van der Waals surface area contributed by atoms with Gasteiger partial charge in [0, 0.05) is 23.3 Å². The smallest absolute Gasteiger partial charge is 0.173 e. The molecule has 0 unspecified atom stereocenters. The van der Waals surface area contributed by atoms with Crippen molar-refractivity contribution in [2.45, 2.75) is 45.2 Å². The molecule has 0 aromatic heterocycles. The third kappa shape index (κ3) is 4.28. The van der Waals surface area contributed by atoms with Gasteiger partial charge in [-0.25, -0.2) is 0 Å². The normalized spacial score (nSPS) is 14.6. The number of aryl methyl sites for hydroxylation is 1. The Morgan fingerprint density at radius 1 is 1.12 bits per heavy atom. The maximum absolute atomic E-state index is 6.37. The van der Waals surface area contributed by atoms with E-state index in [0.29, 0.717) is 6.04 Å². The maximum atomic E-state index is 6.37. The van der Waals surface area contributed by atoms with E-state index < -0.39 is 0 Å². The lowest BCUT2D eigenvalue weighted by Gasteiger charge is -2.32. The first-order chi connectivity index (χ1) is 11.6. The summed E-state index contributed by atoms with van der Waals surface area (Å²) in [5.74, 6) is 0. The fourth-order valence-electron chi connectivity index (χ4n) is 3.22. The molecule has 0 radical (unpaired) electrons. The Bertz CT molecular complexity index is 693. The SMILES string of the molecule is Cc1ccc(NC(=S)N(Cc2ccccc2Cl)C2CCCC2)cc1. The summed E-state index contributed by atoms with van der Waals surface area (Å²) in [7, 11) is 0. The van der Waals surface area contributed by atoms with Gasteiger partial charge in [-0.2, -0.15) is 0 Å². The average Bonchev–Trinajstić information content (AvgIpc) is 3.10. The fraction of sp³-hybridized carbons (Fsp3) is 0.350. The molecule has 0 spiro atoms. The molecule has 0 heterocycles. The summed E-state index contributed by atoms with van der Waals surface area (Å²) < 4.78 is 0. The van der Waals surface area contributed by atoms with E-state index >= 15 is 0 Å². The van der Waals surface area contributed by atoms with E-state index in [2.05, 4.69) is 47.5 Å². The molecule has 0 amide bonds. The summed E-state index contributed by atoms with van der Waals surface area (Å²) >= 11 is 12.1. The fourth-order valence-corrected chi connectivity index (χ4v) is 3.75. The van der Waals surface area contributed by atoms with Crippen molar-refractivity contribution in [1.29, 1.82) is 0 Å². The Kier molecular flexibility index (Phi) is 5.75. The van der Waals surface area contributed by atoms with Crippen LogP contribution in [0.2, 0.25) is 5.02 Å². The summed E-state index contributed by atoms with van der Waals surface area (Å²) in [5.41, 5.74) is 3.40. The zero-order valence-corrected chi connectivity index (χ0v) is 15.5. The number of anilines is 1. The Balaban J connectivity index is 1.77. The van der Waals surface area contributed by atoms with Gasteiger partial charge >= 0.3 is 0 Å². The number of thiocarbonyl (C=S) groups is 1. The van der Waals surface area contributed by atoms with Gasteiger partial charge in [0.05, 0.1) is 0 Å². The lowest BCUT2D eigenvalue weighted by Crippen LogP contribution is -2.41. The van der Waals surface area contributed by atoms with Crippen molar-refractivity contribution < 1.29 is 0 Å². The molecule has 1 fully saturated rings. The van der Waals surface area contributed by atoms with Gasteiger partial charge in [-0.15, -0.1) is 0 Å². The molecule has 1 aliphatic carbocycles. The van der Waals surface area contributed by atoms with Crippen LogP contribution in [0.5, 0.6) is 0 Å². The summed E-state index contributed by atoms with van der Waals surface area (Å²) in [4.78, 5) is 2.31. The Hall–Kier alpha value is -1.58. The minimum Gasteiger partial charge on any atom is -0.342 e. The summed E-state index contributed by atoms with van der Waals surface area (Å²) in [6.07, 6.45) is 4.94. The Morgan fingerprint density at radius 3 is 2.46 bits per heavy atom. The molecule has 0 bridgehead atoms. The molecule has 0 aliphatic heterocycles. The second kappa shape index (κ2) is 8.00. The van der Waals surface area contributed by atoms with Crippen molar-refractivity contribution in [3.8, 4) is 0 Å². The number of benzene rings is 2. The second-order valence-electron chi connectivity index (χ2n) is 6.45. The van der Waals surface area contributed by atoms with Crippen LogP contribution in [0.1, 0.15) is 36.8 Å². The topological polar surface area (TPSA) is 15.3 Å². The first-order valence-corrected chi connectivity index (χ1v) is 9.30. The summed E-state index contributed by atoms with van der Waals surface area (Å²) in [5, 5.41) is 4.99. The third-order valence-electron chi connectivity index (χ3n) is 4.63. The molecular weight excluding hydrogens is 336 g/mol. The number of nitrogens with one attached hydrogen (secondary N) is 1. The molecule has 1 aliphatic rings. The van der Waals surface area contributed by atoms with Crippen LogP contribution in [0.25, 0.3) is 0 Å². The van der Waals surface area contributed by atoms with Gasteiger partial charge in [0.1, 0.15) is 0 Å². The molecule has 3 rings (SSSR count). The maximum Gasteiger partial charge on any atom is 0.173 e. The van der Waals surface area contributed by atoms with E-state index in [-0.39, 0.29) is 0 Å². The van der Waals surface area contributed by atoms with E-state index in [4.69, 9.17) is 23.8 Å². The minimum atomic E-state index is 0.492. The minimum absolute atomic E-state index is 0.492. The van der Waals surface area contributed by atoms with Crippen molar-refractivity contribution in [1.82, 2.24) is 4.90 Å². The number of rotatable bonds is 4. The molecular formula is C20H23ClN2S. The number of halogens is 1. The van der Waals surface area contributed by atoms with Crippen molar-refractivity contribution in [2.75, 3.05) is 5.32 Å². The third-order valence-corrected chi connectivity index (χ3v) is 5.33. The van der Waals surface area contributed by atoms with Crippen molar-refractivity contribution in [2.24, 2.45) is 0 Å². The highest BCUT2D eigenvalue weighted by atomic mass is 35.5. The molecule has 1 saturated carbocycles. The highest BCUT2D eigenvalue weighted by molar-refractivity contribution is 7.80. The van der Waals surface area contributed by atoms with Gasteiger partial charge in [-0.05, 0) is 55.7 Å². The second-order valence-corrected chi connectivity index (χ2v) is 7.25. The molecule has 2 nitrogen and oxygen atoms in total. The first kappa shape index (κ1) is 17.2. The predicted molar refractivity (Wildman–Crippen MR) is 107 cm³/mol. The number of hydrogen-bond donors (Lipinski definition) is 1. The summed E-state index contributed by atoms with van der Waals surface area (Å²) in [6.45, 7) is 2.84. The molecule has 4 heteroatoms. The van der Waals surface area contributed by atoms with Crippen molar-refractivity contribution >= 4 is 34.6 Å². The molecule has 126 valence electrons. The van der Waals surface area contributed by atoms with Crippen LogP contribution in [0, 0.1) is 6.92 Å². The van der Waals surface area contributed by atoms with Crippen LogP contribution in [0.4, 0.5) is 5.69 Å². The van der Waals surface area contributed by atoms with Crippen LogP contribution in [0.15, 0.2) is 48.5 Å². The zero-order chi connectivity index (χ0) is 16.9. The molecule has 2 aromatic rings. The van der Waals surface area contributed by atoms with Gasteiger partial charge in [0.2, 0.25) is 0 Å². The van der Waals surface area contributed by atoms with E-state index in [1.54, 1.807) is 0 Å². The van der Waals surface area contributed by atoms with Crippen molar-refractivity contribution in [3.63, 3.8) is 0 Å². The molecule has 0 atom stereocenters. The van der Waals surface area contributed by atoms with Gasteiger partial charge < -0.3 is 10.2 Å². The molecule has 0 saturated heterocycles. The largest absolute Gasteiger partial charge is 0.342 e. The quantitative estimate of drug-likeness (QED) is 0.696. The molecule has 2 aromatic carbocycles. The number of nitrogens with zero attached hydrogens (tertiary/aromatic N) is 1. The Morgan fingerprint density at radius 2 is 1.79 bits per heavy atom. The van der Waals surface area contributed by atoms with E-state index in [0.717, 1.165) is 27.9 Å². The lowest BCUT2D eigenvalue weighted by atomic mass is 10.1. The average molecular weight is 359 g/mol. The highest BCUT2D eigenvalue weighted by Gasteiger charge is 2.25. The Labute approximate surface area is 154 Å². The van der Waals surface area contributed by atoms with Crippen LogP contribution >= 0.6 is 23.8 Å². The van der Waals surface area contributed by atoms with Crippen LogP contribution < -0.4 is 5.32 Å².